The van der Waals surface area contributed by atoms with Crippen LogP contribution in [0.4, 0.5) is 23.2 Å². The predicted octanol–water partition coefficient (Wildman–Crippen LogP) is 4.23. The van der Waals surface area contributed by atoms with Crippen LogP contribution in [0.3, 0.4) is 0 Å². The molecule has 0 spiro atoms. The van der Waals surface area contributed by atoms with Crippen LogP contribution < -0.4 is 5.73 Å². The van der Waals surface area contributed by atoms with E-state index in [9.17, 15) is 17.6 Å². The van der Waals surface area contributed by atoms with Gasteiger partial charge in [0.15, 0.2) is 5.58 Å². The summed E-state index contributed by atoms with van der Waals surface area (Å²) in [5, 5.41) is 0. The van der Waals surface area contributed by atoms with Gasteiger partial charge in [-0.2, -0.15) is 13.2 Å². The number of nitrogen functional groups attached to an aromatic ring is 1. The number of oxazole rings is 1. The molecule has 0 bridgehead atoms. The van der Waals surface area contributed by atoms with Gasteiger partial charge in [0.25, 0.3) is 0 Å². The smallest absolute Gasteiger partial charge is 0.416 e. The maximum absolute atomic E-state index is 13.1. The molecule has 0 saturated carbocycles. The van der Waals surface area contributed by atoms with Crippen molar-refractivity contribution in [2.24, 2.45) is 0 Å². The number of aromatic nitrogens is 1. The molecule has 3 nitrogen and oxygen atoms in total. The summed E-state index contributed by atoms with van der Waals surface area (Å²) in [5.74, 6) is -0.567. The summed E-state index contributed by atoms with van der Waals surface area (Å²) in [6.07, 6.45) is -4.53. The molecule has 0 atom stereocenters. The topological polar surface area (TPSA) is 52.0 Å². The first-order chi connectivity index (χ1) is 9.83. The minimum Gasteiger partial charge on any atom is -0.436 e. The summed E-state index contributed by atoms with van der Waals surface area (Å²) in [5.41, 5.74) is 5.11. The molecule has 0 saturated heterocycles. The Morgan fingerprint density at radius 1 is 1.05 bits per heavy atom. The number of hydrogen-bond acceptors (Lipinski definition) is 3. The highest BCUT2D eigenvalue weighted by Gasteiger charge is 2.31. The third kappa shape index (κ3) is 2.54. The van der Waals surface area contributed by atoms with E-state index in [2.05, 4.69) is 4.98 Å². The molecule has 2 N–H and O–H groups in total. The molecule has 2 aromatic carbocycles. The lowest BCUT2D eigenvalue weighted by Crippen LogP contribution is -2.06. The molecule has 7 heteroatoms. The van der Waals surface area contributed by atoms with Crippen molar-refractivity contribution >= 4 is 16.8 Å². The van der Waals surface area contributed by atoms with Crippen LogP contribution in [0.1, 0.15) is 5.56 Å². The molecular formula is C14H8F4N2O. The second kappa shape index (κ2) is 4.47. The SMILES string of the molecule is Nc1cc(-c2nc3ccc(F)cc3o2)cc(C(F)(F)F)c1. The van der Waals surface area contributed by atoms with E-state index >= 15 is 0 Å². The van der Waals surface area contributed by atoms with Crippen LogP contribution in [-0.2, 0) is 6.18 Å². The molecule has 0 radical (unpaired) electrons. The van der Waals surface area contributed by atoms with Crippen molar-refractivity contribution in [3.05, 3.63) is 47.8 Å². The van der Waals surface area contributed by atoms with Crippen molar-refractivity contribution in [2.75, 3.05) is 5.73 Å². The average molecular weight is 296 g/mol. The zero-order valence-electron chi connectivity index (χ0n) is 10.4. The number of hydrogen-bond donors (Lipinski definition) is 1. The molecule has 0 amide bonds. The van der Waals surface area contributed by atoms with E-state index in [1.165, 1.54) is 18.2 Å². The van der Waals surface area contributed by atoms with Gasteiger partial charge in [-0.3, -0.25) is 0 Å². The van der Waals surface area contributed by atoms with E-state index in [0.717, 1.165) is 18.2 Å². The number of rotatable bonds is 1. The number of anilines is 1. The van der Waals surface area contributed by atoms with Crippen LogP contribution in [0, 0.1) is 5.82 Å². The van der Waals surface area contributed by atoms with Gasteiger partial charge >= 0.3 is 6.18 Å². The standard InChI is InChI=1S/C14H8F4N2O/c15-9-1-2-11-12(6-9)21-13(20-11)7-3-8(14(16,17)18)5-10(19)4-7/h1-6H,19H2. The minimum absolute atomic E-state index is 0.0478. The van der Waals surface area contributed by atoms with Gasteiger partial charge in [-0.05, 0) is 30.3 Å². The van der Waals surface area contributed by atoms with Crippen molar-refractivity contribution in [1.82, 2.24) is 4.98 Å². The van der Waals surface area contributed by atoms with E-state index in [1.54, 1.807) is 0 Å². The first-order valence-corrected chi connectivity index (χ1v) is 5.87. The molecular weight excluding hydrogens is 288 g/mol. The van der Waals surface area contributed by atoms with Gasteiger partial charge in [0.05, 0.1) is 5.56 Å². The van der Waals surface area contributed by atoms with Crippen LogP contribution in [0.25, 0.3) is 22.6 Å². The van der Waals surface area contributed by atoms with Crippen molar-refractivity contribution in [1.29, 1.82) is 0 Å². The number of benzene rings is 2. The first kappa shape index (κ1) is 13.4. The van der Waals surface area contributed by atoms with Gasteiger partial charge in [-0.15, -0.1) is 0 Å². The van der Waals surface area contributed by atoms with E-state index in [1.807, 2.05) is 0 Å². The second-order valence-electron chi connectivity index (χ2n) is 4.47. The van der Waals surface area contributed by atoms with Crippen molar-refractivity contribution in [3.8, 4) is 11.5 Å². The Labute approximate surface area is 116 Å². The lowest BCUT2D eigenvalue weighted by Gasteiger charge is -2.08. The zero-order valence-corrected chi connectivity index (χ0v) is 10.4. The zero-order chi connectivity index (χ0) is 15.2. The highest BCUT2D eigenvalue weighted by Crippen LogP contribution is 2.34. The number of nitrogens with zero attached hydrogens (tertiary/aromatic N) is 1. The fourth-order valence-corrected chi connectivity index (χ4v) is 1.96. The Balaban J connectivity index is 2.16. The maximum Gasteiger partial charge on any atom is 0.416 e. The molecule has 3 aromatic rings. The van der Waals surface area contributed by atoms with Crippen molar-refractivity contribution < 1.29 is 22.0 Å². The maximum atomic E-state index is 13.1. The van der Waals surface area contributed by atoms with Gasteiger partial charge in [0.1, 0.15) is 11.3 Å². The highest BCUT2D eigenvalue weighted by atomic mass is 19.4. The number of nitrogens with two attached hydrogens (primary N) is 1. The van der Waals surface area contributed by atoms with Crippen LogP contribution >= 0.6 is 0 Å². The van der Waals surface area contributed by atoms with Crippen LogP contribution in [0.2, 0.25) is 0 Å². The Morgan fingerprint density at radius 3 is 2.52 bits per heavy atom. The fourth-order valence-electron chi connectivity index (χ4n) is 1.96. The Morgan fingerprint density at radius 2 is 1.81 bits per heavy atom. The third-order valence-electron chi connectivity index (χ3n) is 2.88. The average Bonchev–Trinajstić information content (AvgIpc) is 2.80. The van der Waals surface area contributed by atoms with Crippen molar-refractivity contribution in [2.45, 2.75) is 6.18 Å². The number of alkyl halides is 3. The molecule has 1 heterocycles. The summed E-state index contributed by atoms with van der Waals surface area (Å²) in [4.78, 5) is 4.03. The minimum atomic E-state index is -4.53. The van der Waals surface area contributed by atoms with Crippen LogP contribution in [0.5, 0.6) is 0 Å². The normalized spacial score (nSPS) is 12.0. The van der Waals surface area contributed by atoms with Crippen LogP contribution in [0.15, 0.2) is 40.8 Å². The monoisotopic (exact) mass is 296 g/mol. The van der Waals surface area contributed by atoms with E-state index in [0.29, 0.717) is 5.52 Å². The van der Waals surface area contributed by atoms with Gasteiger partial charge in [0, 0.05) is 17.3 Å². The summed E-state index contributed by atoms with van der Waals surface area (Å²) >= 11 is 0. The number of fused-ring (bicyclic) bond motifs is 1. The van der Waals surface area contributed by atoms with Crippen molar-refractivity contribution in [3.63, 3.8) is 0 Å². The van der Waals surface area contributed by atoms with Gasteiger partial charge in [-0.1, -0.05) is 0 Å². The third-order valence-corrected chi connectivity index (χ3v) is 2.88. The number of halogens is 4. The molecule has 0 aliphatic rings. The molecule has 108 valence electrons. The van der Waals surface area contributed by atoms with Gasteiger partial charge < -0.3 is 10.2 Å². The predicted molar refractivity (Wildman–Crippen MR) is 68.8 cm³/mol. The summed E-state index contributed by atoms with van der Waals surface area (Å²) < 4.78 is 56.7. The molecule has 1 aromatic heterocycles. The Kier molecular flexibility index (Phi) is 2.86. The summed E-state index contributed by atoms with van der Waals surface area (Å²) in [7, 11) is 0. The first-order valence-electron chi connectivity index (χ1n) is 5.87. The largest absolute Gasteiger partial charge is 0.436 e. The Bertz CT molecular complexity index is 823. The van der Waals surface area contributed by atoms with E-state index in [4.69, 9.17) is 10.2 Å². The van der Waals surface area contributed by atoms with Crippen LogP contribution in [-0.4, -0.2) is 4.98 Å². The Hall–Kier alpha value is -2.57. The molecule has 0 aliphatic carbocycles. The molecule has 0 fully saturated rings. The summed E-state index contributed by atoms with van der Waals surface area (Å²) in [6, 6.07) is 6.71. The molecule has 0 aliphatic heterocycles. The molecule has 3 rings (SSSR count). The quantitative estimate of drug-likeness (QED) is 0.540. The second-order valence-corrected chi connectivity index (χ2v) is 4.47. The highest BCUT2D eigenvalue weighted by molar-refractivity contribution is 5.77. The van der Waals surface area contributed by atoms with E-state index in [-0.39, 0.29) is 22.7 Å². The lowest BCUT2D eigenvalue weighted by molar-refractivity contribution is -0.137. The van der Waals surface area contributed by atoms with Gasteiger partial charge in [0.2, 0.25) is 5.89 Å². The van der Waals surface area contributed by atoms with Gasteiger partial charge in [-0.25, -0.2) is 9.37 Å². The lowest BCUT2D eigenvalue weighted by atomic mass is 10.1. The van der Waals surface area contributed by atoms with E-state index < -0.39 is 17.6 Å². The fraction of sp³-hybridized carbons (Fsp3) is 0.0714. The molecule has 0 unspecified atom stereocenters. The molecule has 21 heavy (non-hydrogen) atoms. The summed E-state index contributed by atoms with van der Waals surface area (Å²) in [6.45, 7) is 0.